The third-order valence-electron chi connectivity index (χ3n) is 3.55. The summed E-state index contributed by atoms with van der Waals surface area (Å²) in [6.07, 6.45) is -4.48. The molecular formula is C17H15F3O2. The fraction of sp³-hybridized carbons (Fsp3) is 0.235. The summed E-state index contributed by atoms with van der Waals surface area (Å²) in [6.45, 7) is 1.56. The minimum Gasteiger partial charge on any atom is -0.481 e. The van der Waals surface area contributed by atoms with E-state index in [0.29, 0.717) is 5.56 Å². The molecule has 2 aromatic rings. The van der Waals surface area contributed by atoms with Gasteiger partial charge in [0.2, 0.25) is 0 Å². The highest BCUT2D eigenvalue weighted by atomic mass is 19.4. The maximum absolute atomic E-state index is 13.1. The van der Waals surface area contributed by atoms with Gasteiger partial charge in [-0.15, -0.1) is 0 Å². The molecule has 22 heavy (non-hydrogen) atoms. The van der Waals surface area contributed by atoms with E-state index in [1.54, 1.807) is 37.3 Å². The van der Waals surface area contributed by atoms with Crippen LogP contribution in [-0.2, 0) is 11.0 Å². The summed E-state index contributed by atoms with van der Waals surface area (Å²) >= 11 is 0. The van der Waals surface area contributed by atoms with Gasteiger partial charge in [-0.1, -0.05) is 43.3 Å². The Morgan fingerprint density at radius 3 is 2.23 bits per heavy atom. The summed E-state index contributed by atoms with van der Waals surface area (Å²) in [5.74, 6) is -2.43. The van der Waals surface area contributed by atoms with Gasteiger partial charge in [-0.3, -0.25) is 4.79 Å². The van der Waals surface area contributed by atoms with Crippen molar-refractivity contribution in [2.24, 2.45) is 0 Å². The van der Waals surface area contributed by atoms with Crippen LogP contribution in [-0.4, -0.2) is 11.1 Å². The smallest absolute Gasteiger partial charge is 0.416 e. The summed E-state index contributed by atoms with van der Waals surface area (Å²) in [7, 11) is 0. The van der Waals surface area contributed by atoms with Gasteiger partial charge in [-0.25, -0.2) is 0 Å². The Labute approximate surface area is 126 Å². The molecule has 0 aliphatic rings. The molecule has 0 heterocycles. The van der Waals surface area contributed by atoms with E-state index in [2.05, 4.69) is 0 Å². The van der Waals surface area contributed by atoms with Crippen LogP contribution in [0.2, 0.25) is 0 Å². The van der Waals surface area contributed by atoms with Gasteiger partial charge >= 0.3 is 12.1 Å². The van der Waals surface area contributed by atoms with Crippen LogP contribution in [0.4, 0.5) is 13.2 Å². The predicted octanol–water partition coefficient (Wildman–Crippen LogP) is 4.95. The Balaban J connectivity index is 2.62. The summed E-state index contributed by atoms with van der Waals surface area (Å²) < 4.78 is 39.4. The van der Waals surface area contributed by atoms with Gasteiger partial charge in [0.15, 0.2) is 0 Å². The van der Waals surface area contributed by atoms with Gasteiger partial charge < -0.3 is 5.11 Å². The molecule has 1 unspecified atom stereocenters. The van der Waals surface area contributed by atoms with Crippen molar-refractivity contribution in [2.45, 2.75) is 25.4 Å². The molecule has 2 aromatic carbocycles. The summed E-state index contributed by atoms with van der Waals surface area (Å²) in [5.41, 5.74) is 0.242. The zero-order valence-electron chi connectivity index (χ0n) is 11.9. The highest BCUT2D eigenvalue weighted by Gasteiger charge is 2.36. The molecule has 0 aromatic heterocycles. The Hall–Kier alpha value is -2.30. The van der Waals surface area contributed by atoms with E-state index in [1.165, 1.54) is 12.1 Å². The average molecular weight is 308 g/mol. The number of halogens is 3. The van der Waals surface area contributed by atoms with Crippen molar-refractivity contribution < 1.29 is 23.1 Å². The van der Waals surface area contributed by atoms with Gasteiger partial charge in [0, 0.05) is 0 Å². The van der Waals surface area contributed by atoms with E-state index in [9.17, 15) is 23.1 Å². The number of alkyl halides is 3. The molecular weight excluding hydrogens is 293 g/mol. The topological polar surface area (TPSA) is 37.3 Å². The second kappa shape index (κ2) is 6.22. The van der Waals surface area contributed by atoms with Gasteiger partial charge in [0.25, 0.3) is 0 Å². The van der Waals surface area contributed by atoms with Crippen LogP contribution >= 0.6 is 0 Å². The minimum absolute atomic E-state index is 0.0939. The lowest BCUT2D eigenvalue weighted by atomic mass is 9.89. The van der Waals surface area contributed by atoms with Gasteiger partial charge in [0.05, 0.1) is 11.5 Å². The molecule has 0 aliphatic heterocycles. The number of carbonyl (C=O) groups is 1. The molecule has 5 heteroatoms. The quantitative estimate of drug-likeness (QED) is 0.867. The van der Waals surface area contributed by atoms with Crippen molar-refractivity contribution in [1.29, 1.82) is 0 Å². The first-order valence-corrected chi connectivity index (χ1v) is 6.84. The van der Waals surface area contributed by atoms with E-state index < -0.39 is 23.6 Å². The number of carboxylic acid groups (broad SMARTS) is 1. The third kappa shape index (κ3) is 3.30. The van der Waals surface area contributed by atoms with E-state index in [0.717, 1.165) is 11.6 Å². The molecule has 0 spiro atoms. The van der Waals surface area contributed by atoms with Crippen molar-refractivity contribution in [2.75, 3.05) is 0 Å². The predicted molar refractivity (Wildman–Crippen MR) is 77.5 cm³/mol. The summed E-state index contributed by atoms with van der Waals surface area (Å²) in [4.78, 5) is 11.3. The van der Waals surface area contributed by atoms with E-state index in [-0.39, 0.29) is 12.0 Å². The zero-order valence-corrected chi connectivity index (χ0v) is 11.9. The minimum atomic E-state index is -4.58. The molecule has 2 nitrogen and oxygen atoms in total. The lowest BCUT2D eigenvalue weighted by Gasteiger charge is -2.19. The summed E-state index contributed by atoms with van der Waals surface area (Å²) in [5, 5.41) is 9.21. The first kappa shape index (κ1) is 16.1. The molecule has 1 atom stereocenters. The van der Waals surface area contributed by atoms with Gasteiger partial charge in [0.1, 0.15) is 0 Å². The maximum Gasteiger partial charge on any atom is 0.416 e. The second-order valence-corrected chi connectivity index (χ2v) is 4.96. The number of hydrogen-bond donors (Lipinski definition) is 1. The van der Waals surface area contributed by atoms with E-state index >= 15 is 0 Å². The van der Waals surface area contributed by atoms with E-state index in [1.807, 2.05) is 0 Å². The Morgan fingerprint density at radius 1 is 1.09 bits per heavy atom. The molecule has 0 fully saturated rings. The normalized spacial score (nSPS) is 12.9. The molecule has 1 N–H and O–H groups in total. The summed E-state index contributed by atoms with van der Waals surface area (Å²) in [6, 6.07) is 12.6. The number of hydrogen-bond acceptors (Lipinski definition) is 1. The van der Waals surface area contributed by atoms with Gasteiger partial charge in [-0.05, 0) is 35.2 Å². The fourth-order valence-electron chi connectivity index (χ4n) is 2.45. The van der Waals surface area contributed by atoms with Crippen molar-refractivity contribution in [3.05, 3.63) is 59.7 Å². The zero-order chi connectivity index (χ0) is 16.3. The molecule has 0 aliphatic carbocycles. The van der Waals surface area contributed by atoms with Crippen LogP contribution < -0.4 is 0 Å². The molecule has 0 saturated carbocycles. The molecule has 0 saturated heterocycles. The average Bonchev–Trinajstić information content (AvgIpc) is 2.47. The van der Waals surface area contributed by atoms with Crippen molar-refractivity contribution in [3.8, 4) is 11.1 Å². The number of rotatable bonds is 4. The molecule has 0 amide bonds. The second-order valence-electron chi connectivity index (χ2n) is 4.96. The SMILES string of the molecule is CCC(C(=O)O)c1cc(-c2ccccc2)ccc1C(F)(F)F. The monoisotopic (exact) mass is 308 g/mol. The van der Waals surface area contributed by atoms with Gasteiger partial charge in [-0.2, -0.15) is 13.2 Å². The van der Waals surface area contributed by atoms with Crippen molar-refractivity contribution in [3.63, 3.8) is 0 Å². The van der Waals surface area contributed by atoms with Crippen LogP contribution in [0, 0.1) is 0 Å². The molecule has 116 valence electrons. The number of carboxylic acids is 1. The van der Waals surface area contributed by atoms with Crippen molar-refractivity contribution >= 4 is 5.97 Å². The van der Waals surface area contributed by atoms with Crippen LogP contribution in [0.5, 0.6) is 0 Å². The van der Waals surface area contributed by atoms with Crippen molar-refractivity contribution in [1.82, 2.24) is 0 Å². The first-order chi connectivity index (χ1) is 10.3. The molecule has 0 radical (unpaired) electrons. The maximum atomic E-state index is 13.1. The fourth-order valence-corrected chi connectivity index (χ4v) is 2.45. The van der Waals surface area contributed by atoms with Crippen LogP contribution in [0.15, 0.2) is 48.5 Å². The largest absolute Gasteiger partial charge is 0.481 e. The first-order valence-electron chi connectivity index (χ1n) is 6.84. The van der Waals surface area contributed by atoms with Crippen LogP contribution in [0.25, 0.3) is 11.1 Å². The Kier molecular flexibility index (Phi) is 4.54. The standard InChI is InChI=1S/C17H15F3O2/c1-2-13(16(21)22)14-10-12(11-6-4-3-5-7-11)8-9-15(14)17(18,19)20/h3-10,13H,2H2,1H3,(H,21,22). The molecule has 2 rings (SSSR count). The lowest BCUT2D eigenvalue weighted by Crippen LogP contribution is -2.17. The Morgan fingerprint density at radius 2 is 1.73 bits per heavy atom. The number of aliphatic carboxylic acids is 1. The number of benzene rings is 2. The molecule has 0 bridgehead atoms. The van der Waals surface area contributed by atoms with Crippen LogP contribution in [0.1, 0.15) is 30.4 Å². The highest BCUT2D eigenvalue weighted by Crippen LogP contribution is 2.38. The Bertz CT molecular complexity index is 663. The van der Waals surface area contributed by atoms with Crippen LogP contribution in [0.3, 0.4) is 0 Å². The lowest BCUT2D eigenvalue weighted by molar-refractivity contribution is -0.141. The third-order valence-corrected chi connectivity index (χ3v) is 3.55. The van der Waals surface area contributed by atoms with E-state index in [4.69, 9.17) is 0 Å². The highest BCUT2D eigenvalue weighted by molar-refractivity contribution is 5.78.